The lowest BCUT2D eigenvalue weighted by Gasteiger charge is -2.16. The molecule has 0 saturated carbocycles. The quantitative estimate of drug-likeness (QED) is 0.575. The minimum absolute atomic E-state index is 0.338. The van der Waals surface area contributed by atoms with Crippen LogP contribution in [-0.4, -0.2) is 32.8 Å². The Bertz CT molecular complexity index is 1160. The van der Waals surface area contributed by atoms with E-state index in [-0.39, 0.29) is 5.82 Å². The maximum Gasteiger partial charge on any atom is 0.228 e. The van der Waals surface area contributed by atoms with Crippen LogP contribution in [0.25, 0.3) is 22.3 Å². The van der Waals surface area contributed by atoms with Crippen molar-refractivity contribution in [1.29, 1.82) is 0 Å². The minimum atomic E-state index is -0.338. The number of anilines is 2. The first-order valence-corrected chi connectivity index (χ1v) is 9.78. The van der Waals surface area contributed by atoms with Crippen molar-refractivity contribution in [3.8, 4) is 11.3 Å². The fourth-order valence-corrected chi connectivity index (χ4v) is 3.83. The molecule has 0 atom stereocenters. The van der Waals surface area contributed by atoms with Gasteiger partial charge in [0.25, 0.3) is 0 Å². The van der Waals surface area contributed by atoms with Crippen molar-refractivity contribution >= 4 is 22.8 Å². The van der Waals surface area contributed by atoms with Crippen LogP contribution < -0.4 is 10.6 Å². The van der Waals surface area contributed by atoms with Gasteiger partial charge in [0.05, 0.1) is 17.6 Å². The van der Waals surface area contributed by atoms with E-state index in [1.807, 2.05) is 30.3 Å². The summed E-state index contributed by atoms with van der Waals surface area (Å²) in [6.07, 6.45) is 2.20. The topological polar surface area (TPSA) is 72.9 Å². The van der Waals surface area contributed by atoms with E-state index in [4.69, 9.17) is 10.7 Å². The summed E-state index contributed by atoms with van der Waals surface area (Å²) in [7, 11) is 0. The van der Waals surface area contributed by atoms with Crippen LogP contribution in [0.1, 0.15) is 18.4 Å². The number of hydrogen-bond acceptors (Lipinski definition) is 5. The maximum absolute atomic E-state index is 14.7. The number of halogens is 1. The zero-order chi connectivity index (χ0) is 19.8. The smallest absolute Gasteiger partial charge is 0.228 e. The molecule has 2 N–H and O–H groups in total. The first kappa shape index (κ1) is 17.6. The van der Waals surface area contributed by atoms with Gasteiger partial charge in [0.15, 0.2) is 5.65 Å². The average molecular weight is 388 g/mol. The van der Waals surface area contributed by atoms with Gasteiger partial charge in [0.2, 0.25) is 5.95 Å². The average Bonchev–Trinajstić information content (AvgIpc) is 3.38. The van der Waals surface area contributed by atoms with Crippen LogP contribution in [0, 0.1) is 5.82 Å². The molecule has 5 rings (SSSR count). The largest absolute Gasteiger partial charge is 0.383 e. The van der Waals surface area contributed by atoms with Crippen LogP contribution in [0.5, 0.6) is 0 Å². The van der Waals surface area contributed by atoms with Gasteiger partial charge in [-0.25, -0.2) is 14.1 Å². The lowest BCUT2D eigenvalue weighted by atomic mass is 10.1. The van der Waals surface area contributed by atoms with Crippen LogP contribution in [-0.2, 0) is 6.54 Å². The molecule has 2 aromatic carbocycles. The van der Waals surface area contributed by atoms with Crippen molar-refractivity contribution in [2.24, 2.45) is 0 Å². The fourth-order valence-electron chi connectivity index (χ4n) is 3.83. The van der Waals surface area contributed by atoms with Crippen LogP contribution >= 0.6 is 0 Å². The summed E-state index contributed by atoms with van der Waals surface area (Å²) in [5.74, 6) is 0.683. The standard InChI is InChI=1S/C22H21FN6/c23-17-11-5-4-10-16(17)19-18-20(24)29(14-15-8-2-1-3-9-15)27-21(18)26-22(25-19)28-12-6-7-13-28/h1-5,8-11H,6-7,12-14,24H2. The lowest BCUT2D eigenvalue weighted by molar-refractivity contribution is 0.631. The zero-order valence-corrected chi connectivity index (χ0v) is 15.9. The summed E-state index contributed by atoms with van der Waals surface area (Å²) in [6.45, 7) is 2.30. The van der Waals surface area contributed by atoms with Gasteiger partial charge in [-0.1, -0.05) is 42.5 Å². The third-order valence-corrected chi connectivity index (χ3v) is 5.32. The lowest BCUT2D eigenvalue weighted by Crippen LogP contribution is -2.20. The minimum Gasteiger partial charge on any atom is -0.383 e. The summed E-state index contributed by atoms with van der Waals surface area (Å²) in [5.41, 5.74) is 8.93. The molecule has 146 valence electrons. The van der Waals surface area contributed by atoms with Crippen LogP contribution in [0.4, 0.5) is 16.2 Å². The van der Waals surface area contributed by atoms with E-state index in [1.165, 1.54) is 6.07 Å². The fraction of sp³-hybridized carbons (Fsp3) is 0.227. The molecule has 0 amide bonds. The zero-order valence-electron chi connectivity index (χ0n) is 15.9. The summed E-state index contributed by atoms with van der Waals surface area (Å²) < 4.78 is 16.4. The van der Waals surface area contributed by atoms with Gasteiger partial charge < -0.3 is 10.6 Å². The molecule has 29 heavy (non-hydrogen) atoms. The summed E-state index contributed by atoms with van der Waals surface area (Å²) in [6, 6.07) is 16.6. The van der Waals surface area contributed by atoms with Crippen molar-refractivity contribution < 1.29 is 4.39 Å². The third kappa shape index (κ3) is 3.18. The number of nitrogens with zero attached hydrogens (tertiary/aromatic N) is 5. The van der Waals surface area contributed by atoms with Crippen molar-refractivity contribution in [1.82, 2.24) is 19.7 Å². The molecular weight excluding hydrogens is 367 g/mol. The molecule has 6 nitrogen and oxygen atoms in total. The molecule has 2 aromatic heterocycles. The van der Waals surface area contributed by atoms with Crippen molar-refractivity contribution in [3.05, 3.63) is 66.0 Å². The number of benzene rings is 2. The molecule has 0 aliphatic carbocycles. The van der Waals surface area contributed by atoms with Gasteiger partial charge >= 0.3 is 0 Å². The molecule has 1 aliphatic heterocycles. The number of nitrogens with two attached hydrogens (primary N) is 1. The van der Waals surface area contributed by atoms with Crippen molar-refractivity contribution in [3.63, 3.8) is 0 Å². The van der Waals surface area contributed by atoms with Gasteiger partial charge in [0, 0.05) is 18.7 Å². The van der Waals surface area contributed by atoms with E-state index < -0.39 is 0 Å². The van der Waals surface area contributed by atoms with Crippen LogP contribution in [0.3, 0.4) is 0 Å². The number of aromatic nitrogens is 4. The number of rotatable bonds is 4. The molecule has 4 aromatic rings. The second-order valence-corrected chi connectivity index (χ2v) is 7.27. The van der Waals surface area contributed by atoms with E-state index >= 15 is 0 Å². The Morgan fingerprint density at radius 1 is 0.931 bits per heavy atom. The van der Waals surface area contributed by atoms with Crippen LogP contribution in [0.15, 0.2) is 54.6 Å². The summed E-state index contributed by atoms with van der Waals surface area (Å²) in [4.78, 5) is 11.5. The second kappa shape index (κ2) is 7.16. The first-order chi connectivity index (χ1) is 14.2. The Labute approximate surface area is 167 Å². The van der Waals surface area contributed by atoms with Crippen molar-refractivity contribution in [2.45, 2.75) is 19.4 Å². The molecule has 0 bridgehead atoms. The highest BCUT2D eigenvalue weighted by molar-refractivity contribution is 5.99. The molecule has 7 heteroatoms. The molecule has 0 spiro atoms. The Hall–Kier alpha value is -3.48. The molecule has 1 aliphatic rings. The molecule has 0 radical (unpaired) electrons. The van der Waals surface area contributed by atoms with Crippen molar-refractivity contribution in [2.75, 3.05) is 23.7 Å². The van der Waals surface area contributed by atoms with Gasteiger partial charge in [0.1, 0.15) is 11.6 Å². The predicted molar refractivity (Wildman–Crippen MR) is 112 cm³/mol. The third-order valence-electron chi connectivity index (χ3n) is 5.32. The van der Waals surface area contributed by atoms with Gasteiger partial charge in [-0.15, -0.1) is 5.10 Å². The Morgan fingerprint density at radius 3 is 2.41 bits per heavy atom. The number of hydrogen-bond donors (Lipinski definition) is 1. The maximum atomic E-state index is 14.7. The molecule has 1 fully saturated rings. The van der Waals surface area contributed by atoms with Crippen LogP contribution in [0.2, 0.25) is 0 Å². The van der Waals surface area contributed by atoms with Gasteiger partial charge in [-0.2, -0.15) is 4.98 Å². The SMILES string of the molecule is Nc1c2c(-c3ccccc3F)nc(N3CCCC3)nc2nn1Cc1ccccc1. The Morgan fingerprint density at radius 2 is 1.66 bits per heavy atom. The van der Waals surface area contributed by atoms with Gasteiger partial charge in [-0.3, -0.25) is 0 Å². The van der Waals surface area contributed by atoms with E-state index in [0.717, 1.165) is 31.5 Å². The number of nitrogen functional groups attached to an aromatic ring is 1. The van der Waals surface area contributed by atoms with E-state index in [1.54, 1.807) is 22.9 Å². The highest BCUT2D eigenvalue weighted by atomic mass is 19.1. The molecule has 3 heterocycles. The number of fused-ring (bicyclic) bond motifs is 1. The monoisotopic (exact) mass is 388 g/mol. The molecular formula is C22H21FN6. The highest BCUT2D eigenvalue weighted by Crippen LogP contribution is 2.34. The first-order valence-electron chi connectivity index (χ1n) is 9.78. The second-order valence-electron chi connectivity index (χ2n) is 7.27. The van der Waals surface area contributed by atoms with E-state index in [2.05, 4.69) is 15.0 Å². The van der Waals surface area contributed by atoms with E-state index in [9.17, 15) is 4.39 Å². The van der Waals surface area contributed by atoms with Gasteiger partial charge in [-0.05, 0) is 30.5 Å². The Balaban J connectivity index is 1.70. The highest BCUT2D eigenvalue weighted by Gasteiger charge is 2.23. The molecule has 1 saturated heterocycles. The predicted octanol–water partition coefficient (Wildman–Crippen LogP) is 3.86. The Kier molecular flexibility index (Phi) is 4.35. The molecule has 0 unspecified atom stereocenters. The van der Waals surface area contributed by atoms with E-state index in [0.29, 0.717) is 40.6 Å². The summed E-state index contributed by atoms with van der Waals surface area (Å²) in [5, 5.41) is 5.24. The summed E-state index contributed by atoms with van der Waals surface area (Å²) >= 11 is 0. The normalized spacial score (nSPS) is 14.0.